The van der Waals surface area contributed by atoms with Crippen LogP contribution in [0.5, 0.6) is 5.75 Å². The molecule has 4 aromatic carbocycles. The predicted octanol–water partition coefficient (Wildman–Crippen LogP) is 5.39. The molecule has 1 spiro atoms. The summed E-state index contributed by atoms with van der Waals surface area (Å²) in [5, 5.41) is 26.3. The minimum Gasteiger partial charge on any atom is -0.497 e. The van der Waals surface area contributed by atoms with Crippen molar-refractivity contribution in [1.29, 1.82) is 0 Å². The average Bonchev–Trinajstić information content (AvgIpc) is 3.85. The van der Waals surface area contributed by atoms with Gasteiger partial charge in [-0.15, -0.1) is 5.10 Å². The second kappa shape index (κ2) is 13.8. The van der Waals surface area contributed by atoms with Crippen molar-refractivity contribution in [3.63, 3.8) is 0 Å². The molecule has 11 nitrogen and oxygen atoms in total. The predicted molar refractivity (Wildman–Crippen MR) is 210 cm³/mol. The van der Waals surface area contributed by atoms with Gasteiger partial charge in [-0.05, 0) is 53.9 Å². The van der Waals surface area contributed by atoms with E-state index in [2.05, 4.69) is 47.6 Å². The van der Waals surface area contributed by atoms with Gasteiger partial charge in [0.1, 0.15) is 5.75 Å². The molecule has 5 atom stereocenters. The van der Waals surface area contributed by atoms with Crippen molar-refractivity contribution in [3.05, 3.63) is 137 Å². The first-order valence-corrected chi connectivity index (χ1v) is 21.4. The van der Waals surface area contributed by atoms with Crippen molar-refractivity contribution >= 4 is 35.6 Å². The number of likely N-dealkylation sites (N-methyl/N-ethyl adjacent to an activating group) is 1. The molecular weight excluding hydrogens is 697 g/mol. The number of rotatable bonds is 10. The number of benzene rings is 4. The molecule has 0 aliphatic carbocycles. The molecule has 276 valence electrons. The Morgan fingerprint density at radius 3 is 2.46 bits per heavy atom. The molecule has 8 rings (SSSR count). The maximum absolute atomic E-state index is 14.7. The minimum absolute atomic E-state index is 0.0110. The van der Waals surface area contributed by atoms with E-state index in [1.165, 1.54) is 9.87 Å². The molecule has 2 aliphatic heterocycles. The quantitative estimate of drug-likeness (QED) is 0.186. The molecule has 1 amide bonds. The number of ether oxygens (including phenoxy) is 2. The number of hydrogen-bond acceptors (Lipinski definition) is 8. The highest BCUT2D eigenvalue weighted by molar-refractivity contribution is 6.91. The molecule has 54 heavy (non-hydrogen) atoms. The monoisotopic (exact) mass is 740 g/mol. The Kier molecular flexibility index (Phi) is 9.07. The second-order valence-electron chi connectivity index (χ2n) is 15.0. The van der Waals surface area contributed by atoms with Gasteiger partial charge >= 0.3 is 0 Å². The van der Waals surface area contributed by atoms with Crippen molar-refractivity contribution in [1.82, 2.24) is 24.8 Å². The molecule has 2 aromatic heterocycles. The lowest BCUT2D eigenvalue weighted by Crippen LogP contribution is -2.51. The molecule has 6 aromatic rings. The molecule has 0 radical (unpaired) electrons. The third kappa shape index (κ3) is 5.67. The van der Waals surface area contributed by atoms with E-state index >= 15 is 0 Å². The minimum atomic E-state index is -2.39. The summed E-state index contributed by atoms with van der Waals surface area (Å²) in [5.41, 5.74) is 2.23. The Balaban J connectivity index is 1.19. The molecule has 2 aliphatic rings. The Hall–Kier alpha value is -5.43. The zero-order valence-electron chi connectivity index (χ0n) is 31.1. The van der Waals surface area contributed by atoms with E-state index in [4.69, 9.17) is 9.47 Å². The number of aliphatic hydroxyl groups is 1. The van der Waals surface area contributed by atoms with Crippen LogP contribution < -0.4 is 20.4 Å². The SMILES string of the molecule is COc1ccc([Si](C)(C)[C@@H]2[C@@H](CCn3cc(C(CO)c4ccccc4)nn3)O[C@]3(C(=O)N(C)c4ccc(-n5ncc6ccccc6c5=O)cc43)[C@H]2C)cc1. The van der Waals surface area contributed by atoms with E-state index in [0.29, 0.717) is 29.7 Å². The first kappa shape index (κ1) is 35.6. The van der Waals surface area contributed by atoms with Crippen LogP contribution in [0.15, 0.2) is 114 Å². The van der Waals surface area contributed by atoms with Gasteiger partial charge in [0.15, 0.2) is 5.60 Å². The van der Waals surface area contributed by atoms with E-state index in [-0.39, 0.29) is 41.6 Å². The Morgan fingerprint density at radius 1 is 0.981 bits per heavy atom. The van der Waals surface area contributed by atoms with Gasteiger partial charge in [0.25, 0.3) is 11.5 Å². The number of nitrogens with zero attached hydrogens (tertiary/aromatic N) is 6. The van der Waals surface area contributed by atoms with E-state index in [1.54, 1.807) is 31.3 Å². The van der Waals surface area contributed by atoms with Crippen LogP contribution >= 0.6 is 0 Å². The number of anilines is 1. The van der Waals surface area contributed by atoms with Gasteiger partial charge in [-0.1, -0.05) is 91.1 Å². The molecule has 1 unspecified atom stereocenters. The van der Waals surface area contributed by atoms with Crippen LogP contribution in [0.2, 0.25) is 18.6 Å². The number of fused-ring (bicyclic) bond motifs is 3. The lowest BCUT2D eigenvalue weighted by atomic mass is 9.82. The van der Waals surface area contributed by atoms with Gasteiger partial charge in [-0.2, -0.15) is 9.78 Å². The number of methoxy groups -OCH3 is 1. The smallest absolute Gasteiger partial charge is 0.279 e. The Bertz CT molecular complexity index is 2400. The average molecular weight is 741 g/mol. The fourth-order valence-electron chi connectivity index (χ4n) is 8.98. The van der Waals surface area contributed by atoms with Crippen molar-refractivity contribution in [2.75, 3.05) is 25.7 Å². The highest BCUT2D eigenvalue weighted by Gasteiger charge is 2.65. The standard InChI is InChI=1S/C42H44N6O5Si/c1-27-39(54(4,5)32-18-16-31(52-3)17-19-32)38(21-22-47-25-36(44-45-47)34(26-49)28-11-7-6-8-12-28)53-42(27)35-23-30(15-20-37(35)46(2)41(42)51)48-40(50)33-14-10-9-13-29(33)24-43-48/h6-20,23-25,27,34,38-39,49H,21-22,26H2,1-5H3/t27-,34?,38+,39-,42+/m0/s1. The van der Waals surface area contributed by atoms with Gasteiger partial charge in [-0.25, -0.2) is 0 Å². The maximum Gasteiger partial charge on any atom is 0.279 e. The fourth-order valence-corrected chi connectivity index (χ4v) is 13.0. The third-order valence-electron chi connectivity index (χ3n) is 11.8. The van der Waals surface area contributed by atoms with E-state index in [1.807, 2.05) is 89.7 Å². The first-order chi connectivity index (χ1) is 26.1. The molecule has 1 saturated heterocycles. The van der Waals surface area contributed by atoms with Gasteiger partial charge in [0, 0.05) is 36.7 Å². The van der Waals surface area contributed by atoms with Crippen LogP contribution in [0.3, 0.4) is 0 Å². The number of hydrogen-bond donors (Lipinski definition) is 1. The normalized spacial score (nSPS) is 21.6. The molecule has 0 bridgehead atoms. The number of aliphatic hydroxyl groups excluding tert-OH is 1. The summed E-state index contributed by atoms with van der Waals surface area (Å²) in [4.78, 5) is 30.1. The summed E-state index contributed by atoms with van der Waals surface area (Å²) < 4.78 is 16.0. The van der Waals surface area contributed by atoms with Crippen molar-refractivity contribution < 1.29 is 19.4 Å². The summed E-state index contributed by atoms with van der Waals surface area (Å²) in [6.07, 6.45) is 3.86. The molecule has 4 heterocycles. The van der Waals surface area contributed by atoms with Crippen molar-refractivity contribution in [2.24, 2.45) is 5.92 Å². The van der Waals surface area contributed by atoms with Crippen LogP contribution in [0, 0.1) is 5.92 Å². The zero-order chi connectivity index (χ0) is 37.8. The largest absolute Gasteiger partial charge is 0.497 e. The van der Waals surface area contributed by atoms with Crippen LogP contribution in [-0.4, -0.2) is 70.7 Å². The Morgan fingerprint density at radius 2 is 1.72 bits per heavy atom. The van der Waals surface area contributed by atoms with Crippen molar-refractivity contribution in [2.45, 2.75) is 56.1 Å². The van der Waals surface area contributed by atoms with Gasteiger partial charge in [0.2, 0.25) is 0 Å². The number of amides is 1. The summed E-state index contributed by atoms with van der Waals surface area (Å²) in [6.45, 7) is 7.27. The molecule has 0 saturated carbocycles. The maximum atomic E-state index is 14.7. The van der Waals surface area contributed by atoms with Crippen LogP contribution in [0.1, 0.15) is 36.1 Å². The number of aryl methyl sites for hydroxylation is 1. The molecular formula is C42H44N6O5Si. The van der Waals surface area contributed by atoms with Crippen LogP contribution in [-0.2, 0) is 21.7 Å². The second-order valence-corrected chi connectivity index (χ2v) is 19.7. The van der Waals surface area contributed by atoms with Crippen LogP contribution in [0.25, 0.3) is 16.5 Å². The summed E-state index contributed by atoms with van der Waals surface area (Å²) in [5.74, 6) is 0.159. The van der Waals surface area contributed by atoms with Gasteiger partial charge in [0.05, 0.1) is 62.5 Å². The molecule has 1 fully saturated rings. The number of aromatic nitrogens is 5. The molecule has 12 heteroatoms. The Labute approximate surface area is 314 Å². The topological polar surface area (TPSA) is 125 Å². The van der Waals surface area contributed by atoms with Crippen molar-refractivity contribution in [3.8, 4) is 11.4 Å². The number of carbonyl (C=O) groups excluding carboxylic acids is 1. The summed E-state index contributed by atoms with van der Waals surface area (Å²) >= 11 is 0. The van der Waals surface area contributed by atoms with E-state index in [0.717, 1.165) is 28.0 Å². The first-order valence-electron chi connectivity index (χ1n) is 18.4. The van der Waals surface area contributed by atoms with Crippen LogP contribution in [0.4, 0.5) is 5.69 Å². The highest BCUT2D eigenvalue weighted by atomic mass is 28.3. The van der Waals surface area contributed by atoms with E-state index in [9.17, 15) is 14.7 Å². The third-order valence-corrected chi connectivity index (χ3v) is 16.2. The summed E-state index contributed by atoms with van der Waals surface area (Å²) in [6, 6.07) is 31.2. The fraction of sp³-hybridized carbons (Fsp3) is 0.310. The highest BCUT2D eigenvalue weighted by Crippen LogP contribution is 2.60. The lowest BCUT2D eigenvalue weighted by Gasteiger charge is -2.37. The molecule has 1 N–H and O–H groups in total. The lowest BCUT2D eigenvalue weighted by molar-refractivity contribution is -0.145. The summed E-state index contributed by atoms with van der Waals surface area (Å²) in [7, 11) is 1.07. The van der Waals surface area contributed by atoms with E-state index < -0.39 is 13.7 Å². The van der Waals surface area contributed by atoms with Gasteiger partial charge in [-0.3, -0.25) is 14.3 Å². The van der Waals surface area contributed by atoms with Gasteiger partial charge < -0.3 is 19.5 Å². The number of carbonyl (C=O) groups is 1. The zero-order valence-corrected chi connectivity index (χ0v) is 32.1.